The first-order valence-corrected chi connectivity index (χ1v) is 8.34. The van der Waals surface area contributed by atoms with E-state index in [2.05, 4.69) is 4.98 Å². The lowest BCUT2D eigenvalue weighted by Crippen LogP contribution is -2.53. The largest absolute Gasteiger partial charge is 0.364 e. The molecule has 3 heterocycles. The molecule has 0 saturated carbocycles. The molecular weight excluding hydrogens is 320 g/mol. The Bertz CT molecular complexity index is 789. The zero-order valence-corrected chi connectivity index (χ0v) is 14.0. The van der Waals surface area contributed by atoms with E-state index in [1.807, 2.05) is 42.3 Å². The maximum atomic E-state index is 12.6. The summed E-state index contributed by atoms with van der Waals surface area (Å²) in [5, 5.41) is 0. The average Bonchev–Trinajstić information content (AvgIpc) is 3.24. The van der Waals surface area contributed by atoms with E-state index >= 15 is 0 Å². The number of benzene rings is 1. The molecule has 2 saturated heterocycles. The van der Waals surface area contributed by atoms with Crippen molar-refractivity contribution in [3.63, 3.8) is 0 Å². The van der Waals surface area contributed by atoms with Crippen molar-refractivity contribution in [2.45, 2.75) is 18.7 Å². The number of carbonyl (C=O) groups excluding carboxylic acids is 2. The third kappa shape index (κ3) is 3.02. The number of fused-ring (bicyclic) bond motifs is 1. The van der Waals surface area contributed by atoms with Gasteiger partial charge in [-0.05, 0) is 5.56 Å². The van der Waals surface area contributed by atoms with Gasteiger partial charge in [0.1, 0.15) is 12.3 Å². The Hall–Kier alpha value is -2.67. The quantitative estimate of drug-likeness (QED) is 0.824. The second-order valence-electron chi connectivity index (χ2n) is 6.56. The molecule has 0 radical (unpaired) electrons. The zero-order valence-electron chi connectivity index (χ0n) is 14.0. The first-order chi connectivity index (χ1) is 12.1. The van der Waals surface area contributed by atoms with Crippen molar-refractivity contribution in [2.24, 2.45) is 7.05 Å². The number of hydrogen-bond donors (Lipinski definition) is 0. The van der Waals surface area contributed by atoms with Crippen LogP contribution in [0.25, 0.3) is 0 Å². The Morgan fingerprint density at radius 2 is 2.08 bits per heavy atom. The van der Waals surface area contributed by atoms with Gasteiger partial charge in [0.15, 0.2) is 0 Å². The number of likely N-dealkylation sites (tertiary alicyclic amines) is 1. The summed E-state index contributed by atoms with van der Waals surface area (Å²) in [4.78, 5) is 32.7. The summed E-state index contributed by atoms with van der Waals surface area (Å²) in [5.74, 6) is -0.150. The van der Waals surface area contributed by atoms with Gasteiger partial charge in [0.25, 0.3) is 5.91 Å². The number of amides is 2. The Morgan fingerprint density at radius 1 is 1.28 bits per heavy atom. The molecule has 2 fully saturated rings. The number of morpholine rings is 1. The first-order valence-electron chi connectivity index (χ1n) is 8.34. The summed E-state index contributed by atoms with van der Waals surface area (Å²) >= 11 is 0. The van der Waals surface area contributed by atoms with Crippen LogP contribution in [0.1, 0.15) is 16.1 Å². The fourth-order valence-corrected chi connectivity index (χ4v) is 3.50. The first kappa shape index (κ1) is 15.8. The van der Waals surface area contributed by atoms with Gasteiger partial charge in [-0.2, -0.15) is 0 Å². The highest BCUT2D eigenvalue weighted by atomic mass is 16.5. The standard InChI is InChI=1S/C18H20N4O3/c1-20-8-14(19-12-20)18(24)21-9-15-16(10-21)25-11-17(23)22(15)7-13-5-3-2-4-6-13/h2-6,8,12,15-16H,7,9-11H2,1H3/t15-,16-/m1/s1. The molecule has 7 nitrogen and oxygen atoms in total. The minimum absolute atomic E-state index is 0.0303. The molecule has 2 aliphatic heterocycles. The van der Waals surface area contributed by atoms with E-state index in [9.17, 15) is 9.59 Å². The van der Waals surface area contributed by atoms with Gasteiger partial charge in [-0.25, -0.2) is 4.98 Å². The van der Waals surface area contributed by atoms with Gasteiger partial charge in [-0.15, -0.1) is 0 Å². The molecule has 4 rings (SSSR count). The molecule has 0 bridgehead atoms. The molecule has 2 atom stereocenters. The number of imidazole rings is 1. The monoisotopic (exact) mass is 340 g/mol. The molecule has 7 heteroatoms. The predicted octanol–water partition coefficient (Wildman–Crippen LogP) is 0.672. The lowest BCUT2D eigenvalue weighted by atomic mass is 10.1. The van der Waals surface area contributed by atoms with E-state index in [-0.39, 0.29) is 30.6 Å². The fraction of sp³-hybridized carbons (Fsp3) is 0.389. The van der Waals surface area contributed by atoms with E-state index in [4.69, 9.17) is 4.74 Å². The van der Waals surface area contributed by atoms with Crippen LogP contribution in [-0.2, 0) is 23.1 Å². The lowest BCUT2D eigenvalue weighted by Gasteiger charge is -2.36. The maximum absolute atomic E-state index is 12.6. The van der Waals surface area contributed by atoms with E-state index in [0.717, 1.165) is 5.56 Å². The smallest absolute Gasteiger partial charge is 0.274 e. The van der Waals surface area contributed by atoms with Crippen molar-refractivity contribution in [1.29, 1.82) is 0 Å². The molecule has 1 aromatic heterocycles. The van der Waals surface area contributed by atoms with Gasteiger partial charge in [-0.3, -0.25) is 9.59 Å². The molecule has 1 aromatic carbocycles. The number of ether oxygens (including phenoxy) is 1. The van der Waals surface area contributed by atoms with Crippen LogP contribution >= 0.6 is 0 Å². The summed E-state index contributed by atoms with van der Waals surface area (Å²) in [6, 6.07) is 9.77. The number of aromatic nitrogens is 2. The fourth-order valence-electron chi connectivity index (χ4n) is 3.50. The van der Waals surface area contributed by atoms with Crippen molar-refractivity contribution in [1.82, 2.24) is 19.4 Å². The minimum atomic E-state index is -0.144. The molecule has 0 unspecified atom stereocenters. The zero-order chi connectivity index (χ0) is 17.4. The number of rotatable bonds is 3. The number of aryl methyl sites for hydroxylation is 1. The van der Waals surface area contributed by atoms with Gasteiger partial charge in [0.2, 0.25) is 5.91 Å². The molecule has 25 heavy (non-hydrogen) atoms. The Balaban J connectivity index is 1.51. The van der Waals surface area contributed by atoms with Crippen molar-refractivity contribution in [2.75, 3.05) is 19.7 Å². The molecule has 0 N–H and O–H groups in total. The second-order valence-corrected chi connectivity index (χ2v) is 6.56. The highest BCUT2D eigenvalue weighted by molar-refractivity contribution is 5.92. The summed E-state index contributed by atoms with van der Waals surface area (Å²) in [5.41, 5.74) is 1.49. The summed E-state index contributed by atoms with van der Waals surface area (Å²) in [7, 11) is 1.83. The second kappa shape index (κ2) is 6.33. The molecule has 2 aromatic rings. The van der Waals surface area contributed by atoms with Crippen molar-refractivity contribution < 1.29 is 14.3 Å². The summed E-state index contributed by atoms with van der Waals surface area (Å²) < 4.78 is 7.44. The normalized spacial score (nSPS) is 23.0. The van der Waals surface area contributed by atoms with Gasteiger partial charge < -0.3 is 19.1 Å². The van der Waals surface area contributed by atoms with Gasteiger partial charge in [0.05, 0.1) is 18.5 Å². The molecule has 0 spiro atoms. The van der Waals surface area contributed by atoms with Crippen LogP contribution in [0.2, 0.25) is 0 Å². The highest BCUT2D eigenvalue weighted by Gasteiger charge is 2.44. The molecule has 130 valence electrons. The molecule has 0 aliphatic carbocycles. The van der Waals surface area contributed by atoms with E-state index in [1.54, 1.807) is 22.0 Å². The van der Waals surface area contributed by atoms with Crippen LogP contribution in [0, 0.1) is 0 Å². The lowest BCUT2D eigenvalue weighted by molar-refractivity contribution is -0.153. The van der Waals surface area contributed by atoms with Crippen molar-refractivity contribution in [3.05, 3.63) is 54.1 Å². The average molecular weight is 340 g/mol. The third-order valence-corrected chi connectivity index (χ3v) is 4.79. The van der Waals surface area contributed by atoms with Crippen LogP contribution in [-0.4, -0.2) is 63.0 Å². The van der Waals surface area contributed by atoms with Crippen LogP contribution < -0.4 is 0 Å². The topological polar surface area (TPSA) is 67.7 Å². The van der Waals surface area contributed by atoms with Gasteiger partial charge in [0, 0.05) is 32.9 Å². The Kier molecular flexibility index (Phi) is 4.01. The number of hydrogen-bond acceptors (Lipinski definition) is 4. The number of nitrogens with zero attached hydrogens (tertiary/aromatic N) is 4. The predicted molar refractivity (Wildman–Crippen MR) is 89.6 cm³/mol. The van der Waals surface area contributed by atoms with Crippen molar-refractivity contribution in [3.8, 4) is 0 Å². The minimum Gasteiger partial charge on any atom is -0.364 e. The van der Waals surface area contributed by atoms with Gasteiger partial charge in [-0.1, -0.05) is 30.3 Å². The Morgan fingerprint density at radius 3 is 2.80 bits per heavy atom. The van der Waals surface area contributed by atoms with Crippen LogP contribution in [0.4, 0.5) is 0 Å². The van der Waals surface area contributed by atoms with Crippen LogP contribution in [0.5, 0.6) is 0 Å². The van der Waals surface area contributed by atoms with E-state index in [1.165, 1.54) is 0 Å². The third-order valence-electron chi connectivity index (χ3n) is 4.79. The molecule has 2 amide bonds. The van der Waals surface area contributed by atoms with Gasteiger partial charge >= 0.3 is 0 Å². The Labute approximate surface area is 145 Å². The number of carbonyl (C=O) groups is 2. The summed E-state index contributed by atoms with van der Waals surface area (Å²) in [6.45, 7) is 1.56. The van der Waals surface area contributed by atoms with Crippen molar-refractivity contribution >= 4 is 11.8 Å². The van der Waals surface area contributed by atoms with E-state index in [0.29, 0.717) is 25.3 Å². The van der Waals surface area contributed by atoms with E-state index < -0.39 is 0 Å². The summed E-state index contributed by atoms with van der Waals surface area (Å²) in [6.07, 6.45) is 3.17. The SMILES string of the molecule is Cn1cnc(C(=O)N2C[C@@H]3[C@@H](C2)OCC(=O)N3Cc2ccccc2)c1. The molecule has 2 aliphatic rings. The van der Waals surface area contributed by atoms with Crippen LogP contribution in [0.3, 0.4) is 0 Å². The van der Waals surface area contributed by atoms with Crippen LogP contribution in [0.15, 0.2) is 42.9 Å². The maximum Gasteiger partial charge on any atom is 0.274 e. The highest BCUT2D eigenvalue weighted by Crippen LogP contribution is 2.26. The molecular formula is C18H20N4O3.